The number of ether oxygens (including phenoxy) is 1. The molecule has 0 atom stereocenters. The number of aryl methyl sites for hydroxylation is 1. The molecule has 1 aromatic heterocycles. The minimum atomic E-state index is -0.475. The Kier molecular flexibility index (Phi) is 6.00. The molecule has 0 unspecified atom stereocenters. The molecule has 3 N–H and O–H groups in total. The standard InChI is InChI=1S/C19H26N4O3/c1-2-16-22-17(26-23-16)15-5-3-14(4-6-15)7-10-21-18(24)19(13-20)8-11-25-12-9-19/h3-6H,2,7-13,20H2,1H3,(H,21,24). The molecular weight excluding hydrogens is 332 g/mol. The van der Waals surface area contributed by atoms with E-state index in [1.807, 2.05) is 31.2 Å². The van der Waals surface area contributed by atoms with Crippen LogP contribution in [0.1, 0.15) is 31.2 Å². The molecule has 1 fully saturated rings. The first-order chi connectivity index (χ1) is 12.7. The van der Waals surface area contributed by atoms with E-state index in [0.717, 1.165) is 24.0 Å². The third kappa shape index (κ3) is 4.11. The maximum absolute atomic E-state index is 12.5. The molecule has 7 heteroatoms. The van der Waals surface area contributed by atoms with Gasteiger partial charge in [0.25, 0.3) is 5.89 Å². The molecule has 2 heterocycles. The van der Waals surface area contributed by atoms with Crippen LogP contribution in [0.5, 0.6) is 0 Å². The lowest BCUT2D eigenvalue weighted by Gasteiger charge is -2.34. The number of carbonyl (C=O) groups excluding carboxylic acids is 1. The van der Waals surface area contributed by atoms with Crippen LogP contribution >= 0.6 is 0 Å². The van der Waals surface area contributed by atoms with Crippen LogP contribution in [0.4, 0.5) is 0 Å². The minimum absolute atomic E-state index is 0.0397. The summed E-state index contributed by atoms with van der Waals surface area (Å²) in [6.45, 7) is 4.13. The number of nitrogens with two attached hydrogens (primary N) is 1. The summed E-state index contributed by atoms with van der Waals surface area (Å²) in [4.78, 5) is 16.9. The zero-order chi connectivity index (χ0) is 18.4. The van der Waals surface area contributed by atoms with Gasteiger partial charge in [0, 0.05) is 38.3 Å². The zero-order valence-corrected chi connectivity index (χ0v) is 15.2. The normalized spacial score (nSPS) is 16.4. The largest absolute Gasteiger partial charge is 0.381 e. The van der Waals surface area contributed by atoms with Crippen LogP contribution in [-0.2, 0) is 22.4 Å². The van der Waals surface area contributed by atoms with Gasteiger partial charge in [0.05, 0.1) is 5.41 Å². The Morgan fingerprint density at radius 3 is 2.62 bits per heavy atom. The van der Waals surface area contributed by atoms with Crippen molar-refractivity contribution in [2.45, 2.75) is 32.6 Å². The van der Waals surface area contributed by atoms with Crippen molar-refractivity contribution >= 4 is 5.91 Å². The smallest absolute Gasteiger partial charge is 0.257 e. The van der Waals surface area contributed by atoms with Crippen molar-refractivity contribution in [2.24, 2.45) is 11.1 Å². The average Bonchev–Trinajstić information content (AvgIpc) is 3.18. The summed E-state index contributed by atoms with van der Waals surface area (Å²) in [6, 6.07) is 7.96. The Labute approximate surface area is 153 Å². The number of aromatic nitrogens is 2. The lowest BCUT2D eigenvalue weighted by Crippen LogP contribution is -2.49. The molecule has 0 saturated carbocycles. The Morgan fingerprint density at radius 1 is 1.27 bits per heavy atom. The first kappa shape index (κ1) is 18.5. The fraction of sp³-hybridized carbons (Fsp3) is 0.526. The maximum Gasteiger partial charge on any atom is 0.257 e. The van der Waals surface area contributed by atoms with Gasteiger partial charge in [0.1, 0.15) is 0 Å². The number of nitrogens with one attached hydrogen (secondary N) is 1. The Balaban J connectivity index is 1.52. The Bertz CT molecular complexity index is 721. The molecule has 140 valence electrons. The van der Waals surface area contributed by atoms with Crippen LogP contribution in [0, 0.1) is 5.41 Å². The highest BCUT2D eigenvalue weighted by Crippen LogP contribution is 2.29. The van der Waals surface area contributed by atoms with Crippen LogP contribution in [0.25, 0.3) is 11.5 Å². The molecule has 1 aromatic carbocycles. The van der Waals surface area contributed by atoms with E-state index < -0.39 is 5.41 Å². The van der Waals surface area contributed by atoms with E-state index >= 15 is 0 Å². The highest BCUT2D eigenvalue weighted by molar-refractivity contribution is 5.83. The highest BCUT2D eigenvalue weighted by atomic mass is 16.5. The third-order valence-electron chi connectivity index (χ3n) is 5.01. The lowest BCUT2D eigenvalue weighted by molar-refractivity contribution is -0.135. The van der Waals surface area contributed by atoms with Crippen LogP contribution in [0.2, 0.25) is 0 Å². The van der Waals surface area contributed by atoms with E-state index in [2.05, 4.69) is 15.5 Å². The Hall–Kier alpha value is -2.25. The van der Waals surface area contributed by atoms with Crippen molar-refractivity contribution in [3.05, 3.63) is 35.7 Å². The number of benzene rings is 1. The number of carbonyl (C=O) groups is 1. The van der Waals surface area contributed by atoms with Gasteiger partial charge >= 0.3 is 0 Å². The topological polar surface area (TPSA) is 103 Å². The van der Waals surface area contributed by atoms with Crippen molar-refractivity contribution < 1.29 is 14.1 Å². The van der Waals surface area contributed by atoms with Gasteiger partial charge in [0.2, 0.25) is 5.91 Å². The van der Waals surface area contributed by atoms with Crippen molar-refractivity contribution in [3.63, 3.8) is 0 Å². The molecule has 1 saturated heterocycles. The summed E-state index contributed by atoms with van der Waals surface area (Å²) in [6.07, 6.45) is 2.88. The second-order valence-corrected chi connectivity index (χ2v) is 6.67. The van der Waals surface area contributed by atoms with Gasteiger partial charge in [-0.3, -0.25) is 4.79 Å². The van der Waals surface area contributed by atoms with Gasteiger partial charge < -0.3 is 20.3 Å². The molecule has 0 radical (unpaired) electrons. The van der Waals surface area contributed by atoms with Gasteiger partial charge in [-0.1, -0.05) is 24.2 Å². The third-order valence-corrected chi connectivity index (χ3v) is 5.01. The molecule has 0 spiro atoms. The molecule has 1 amide bonds. The van der Waals surface area contributed by atoms with Crippen LogP contribution in [0.15, 0.2) is 28.8 Å². The number of hydrogen-bond donors (Lipinski definition) is 2. The fourth-order valence-corrected chi connectivity index (χ4v) is 3.12. The second kappa shape index (κ2) is 8.42. The van der Waals surface area contributed by atoms with E-state index in [1.54, 1.807) is 0 Å². The van der Waals surface area contributed by atoms with Crippen LogP contribution < -0.4 is 11.1 Å². The van der Waals surface area contributed by atoms with Crippen molar-refractivity contribution in [1.29, 1.82) is 0 Å². The summed E-state index contributed by atoms with van der Waals surface area (Å²) in [5.41, 5.74) is 7.43. The van der Waals surface area contributed by atoms with Crippen molar-refractivity contribution in [1.82, 2.24) is 15.5 Å². The van der Waals surface area contributed by atoms with E-state index in [4.69, 9.17) is 15.0 Å². The number of hydrogen-bond acceptors (Lipinski definition) is 6. The second-order valence-electron chi connectivity index (χ2n) is 6.67. The number of nitrogens with zero attached hydrogens (tertiary/aromatic N) is 2. The van der Waals surface area contributed by atoms with Gasteiger partial charge in [-0.25, -0.2) is 0 Å². The van der Waals surface area contributed by atoms with E-state index in [-0.39, 0.29) is 5.91 Å². The summed E-state index contributed by atoms with van der Waals surface area (Å²) in [5, 5.41) is 6.94. The van der Waals surface area contributed by atoms with Crippen LogP contribution in [-0.4, -0.2) is 42.4 Å². The summed E-state index contributed by atoms with van der Waals surface area (Å²) < 4.78 is 10.6. The van der Waals surface area contributed by atoms with Gasteiger partial charge in [0.15, 0.2) is 5.82 Å². The summed E-state index contributed by atoms with van der Waals surface area (Å²) in [5.74, 6) is 1.28. The van der Waals surface area contributed by atoms with Crippen LogP contribution in [0.3, 0.4) is 0 Å². The average molecular weight is 358 g/mol. The first-order valence-corrected chi connectivity index (χ1v) is 9.15. The quantitative estimate of drug-likeness (QED) is 0.781. The van der Waals surface area contributed by atoms with Crippen molar-refractivity contribution in [3.8, 4) is 11.5 Å². The molecule has 3 rings (SSSR count). The lowest BCUT2D eigenvalue weighted by atomic mass is 9.79. The summed E-state index contributed by atoms with van der Waals surface area (Å²) in [7, 11) is 0. The highest BCUT2D eigenvalue weighted by Gasteiger charge is 2.38. The SMILES string of the molecule is CCc1noc(-c2ccc(CCNC(=O)C3(CN)CCOCC3)cc2)n1. The molecule has 2 aromatic rings. The predicted molar refractivity (Wildman–Crippen MR) is 97.4 cm³/mol. The number of amides is 1. The molecule has 0 aliphatic carbocycles. The molecular formula is C19H26N4O3. The van der Waals surface area contributed by atoms with Gasteiger partial charge in [-0.15, -0.1) is 0 Å². The predicted octanol–water partition coefficient (Wildman–Crippen LogP) is 1.71. The molecule has 7 nitrogen and oxygen atoms in total. The molecule has 26 heavy (non-hydrogen) atoms. The molecule has 0 bridgehead atoms. The maximum atomic E-state index is 12.5. The zero-order valence-electron chi connectivity index (χ0n) is 15.2. The molecule has 1 aliphatic rings. The van der Waals surface area contributed by atoms with E-state index in [9.17, 15) is 4.79 Å². The molecule has 1 aliphatic heterocycles. The fourth-order valence-electron chi connectivity index (χ4n) is 3.12. The first-order valence-electron chi connectivity index (χ1n) is 9.15. The Morgan fingerprint density at radius 2 is 2.00 bits per heavy atom. The van der Waals surface area contributed by atoms with Crippen molar-refractivity contribution in [2.75, 3.05) is 26.3 Å². The van der Waals surface area contributed by atoms with Gasteiger partial charge in [-0.2, -0.15) is 4.98 Å². The monoisotopic (exact) mass is 358 g/mol. The van der Waals surface area contributed by atoms with E-state index in [0.29, 0.717) is 50.9 Å². The van der Waals surface area contributed by atoms with Gasteiger partial charge in [-0.05, 0) is 37.0 Å². The minimum Gasteiger partial charge on any atom is -0.381 e. The van der Waals surface area contributed by atoms with E-state index in [1.165, 1.54) is 0 Å². The number of rotatable bonds is 7. The summed E-state index contributed by atoms with van der Waals surface area (Å²) >= 11 is 0.